The molecule has 0 aliphatic heterocycles. The number of hydrogen-bond acceptors (Lipinski definition) is 2. The van der Waals surface area contributed by atoms with Gasteiger partial charge in [-0.1, -0.05) is 47.3 Å². The van der Waals surface area contributed by atoms with Crippen LogP contribution >= 0.6 is 27.5 Å². The number of nitrogens with one attached hydrogen (secondary N) is 1. The third kappa shape index (κ3) is 3.76. The van der Waals surface area contributed by atoms with Crippen molar-refractivity contribution in [3.05, 3.63) is 33.3 Å². The van der Waals surface area contributed by atoms with E-state index in [0.717, 1.165) is 34.3 Å². The molecule has 0 aliphatic rings. The molecule has 2 nitrogen and oxygen atoms in total. The van der Waals surface area contributed by atoms with E-state index in [0.29, 0.717) is 0 Å². The molecular formula is C11H16BrClN2. The van der Waals surface area contributed by atoms with Gasteiger partial charge in [-0.2, -0.15) is 0 Å². The molecule has 1 aromatic carbocycles. The molecule has 1 aromatic rings. The maximum atomic E-state index is 5.96. The Balaban J connectivity index is 2.85. The Morgan fingerprint density at radius 1 is 1.53 bits per heavy atom. The van der Waals surface area contributed by atoms with Crippen LogP contribution in [0.15, 0.2) is 22.7 Å². The third-order valence-corrected chi connectivity index (χ3v) is 3.34. The number of hydrogen-bond donors (Lipinski definition) is 2. The first-order valence-corrected chi connectivity index (χ1v) is 6.27. The second kappa shape index (κ2) is 6.48. The number of unbranched alkanes of at least 4 members (excludes halogenated alkanes) is 1. The summed E-state index contributed by atoms with van der Waals surface area (Å²) in [4.78, 5) is 0. The zero-order valence-corrected chi connectivity index (χ0v) is 11.1. The van der Waals surface area contributed by atoms with Crippen LogP contribution in [-0.4, -0.2) is 0 Å². The molecule has 15 heavy (non-hydrogen) atoms. The summed E-state index contributed by atoms with van der Waals surface area (Å²) in [5.74, 6) is 5.55. The molecule has 1 unspecified atom stereocenters. The van der Waals surface area contributed by atoms with Gasteiger partial charge in [-0.15, -0.1) is 0 Å². The van der Waals surface area contributed by atoms with Gasteiger partial charge in [0.25, 0.3) is 0 Å². The predicted molar refractivity (Wildman–Crippen MR) is 68.7 cm³/mol. The first-order valence-electron chi connectivity index (χ1n) is 5.10. The lowest BCUT2D eigenvalue weighted by Gasteiger charge is -2.17. The van der Waals surface area contributed by atoms with Gasteiger partial charge in [0.2, 0.25) is 0 Å². The highest BCUT2D eigenvalue weighted by molar-refractivity contribution is 9.10. The minimum atomic E-state index is 0.165. The topological polar surface area (TPSA) is 38.0 Å². The van der Waals surface area contributed by atoms with Crippen LogP contribution in [0, 0.1) is 0 Å². The summed E-state index contributed by atoms with van der Waals surface area (Å²) in [6.07, 6.45) is 3.33. The van der Waals surface area contributed by atoms with Gasteiger partial charge in [-0.05, 0) is 30.2 Å². The molecule has 3 N–H and O–H groups in total. The first kappa shape index (κ1) is 13.0. The van der Waals surface area contributed by atoms with Gasteiger partial charge in [0.15, 0.2) is 0 Å². The summed E-state index contributed by atoms with van der Waals surface area (Å²) in [7, 11) is 0. The van der Waals surface area contributed by atoms with Crippen molar-refractivity contribution in [2.75, 3.05) is 0 Å². The van der Waals surface area contributed by atoms with E-state index in [1.807, 2.05) is 18.2 Å². The van der Waals surface area contributed by atoms with E-state index in [9.17, 15) is 0 Å². The Hall–Kier alpha value is -0.0900. The van der Waals surface area contributed by atoms with E-state index in [1.54, 1.807) is 0 Å². The molecular weight excluding hydrogens is 275 g/mol. The van der Waals surface area contributed by atoms with Gasteiger partial charge in [-0.25, -0.2) is 0 Å². The van der Waals surface area contributed by atoms with Crippen molar-refractivity contribution in [3.63, 3.8) is 0 Å². The van der Waals surface area contributed by atoms with Crippen LogP contribution in [0.4, 0.5) is 0 Å². The summed E-state index contributed by atoms with van der Waals surface area (Å²) >= 11 is 9.47. The molecule has 0 aliphatic carbocycles. The molecule has 0 saturated carbocycles. The lowest BCUT2D eigenvalue weighted by molar-refractivity contribution is 0.493. The molecule has 0 radical (unpaired) electrons. The molecule has 84 valence electrons. The highest BCUT2D eigenvalue weighted by atomic mass is 79.9. The van der Waals surface area contributed by atoms with Gasteiger partial charge in [-0.3, -0.25) is 11.3 Å². The van der Waals surface area contributed by atoms with Crippen LogP contribution in [0.2, 0.25) is 5.02 Å². The summed E-state index contributed by atoms with van der Waals surface area (Å²) in [5, 5.41) is 0.741. The Kier molecular flexibility index (Phi) is 5.61. The van der Waals surface area contributed by atoms with Gasteiger partial charge in [0.05, 0.1) is 0 Å². The van der Waals surface area contributed by atoms with Gasteiger partial charge >= 0.3 is 0 Å². The van der Waals surface area contributed by atoms with Crippen LogP contribution < -0.4 is 11.3 Å². The molecule has 0 spiro atoms. The Morgan fingerprint density at radius 3 is 2.87 bits per heavy atom. The maximum Gasteiger partial charge on any atom is 0.0471 e. The van der Waals surface area contributed by atoms with E-state index in [2.05, 4.69) is 28.3 Å². The van der Waals surface area contributed by atoms with E-state index in [-0.39, 0.29) is 6.04 Å². The van der Waals surface area contributed by atoms with E-state index in [1.165, 1.54) is 0 Å². The Labute approximate surface area is 104 Å². The lowest BCUT2D eigenvalue weighted by Crippen LogP contribution is -2.28. The quantitative estimate of drug-likeness (QED) is 0.640. The van der Waals surface area contributed by atoms with Gasteiger partial charge in [0, 0.05) is 15.5 Å². The zero-order chi connectivity index (χ0) is 11.3. The number of nitrogens with two attached hydrogens (primary N) is 1. The zero-order valence-electron chi connectivity index (χ0n) is 8.76. The van der Waals surface area contributed by atoms with Crippen molar-refractivity contribution in [2.45, 2.75) is 32.2 Å². The van der Waals surface area contributed by atoms with Crippen LogP contribution in [0.3, 0.4) is 0 Å². The lowest BCUT2D eigenvalue weighted by atomic mass is 10.0. The average Bonchev–Trinajstić information content (AvgIpc) is 2.24. The smallest absolute Gasteiger partial charge is 0.0471 e. The molecule has 0 saturated heterocycles. The molecule has 0 fully saturated rings. The fourth-order valence-corrected chi connectivity index (χ4v) is 2.22. The maximum absolute atomic E-state index is 5.96. The van der Waals surface area contributed by atoms with Crippen molar-refractivity contribution in [1.29, 1.82) is 0 Å². The second-order valence-corrected chi connectivity index (χ2v) is 4.82. The van der Waals surface area contributed by atoms with Crippen LogP contribution in [0.25, 0.3) is 0 Å². The summed E-state index contributed by atoms with van der Waals surface area (Å²) in [5.41, 5.74) is 3.96. The number of hydrazine groups is 1. The number of halogens is 2. The van der Waals surface area contributed by atoms with E-state index < -0.39 is 0 Å². The van der Waals surface area contributed by atoms with E-state index >= 15 is 0 Å². The van der Waals surface area contributed by atoms with Gasteiger partial charge in [0.1, 0.15) is 0 Å². The van der Waals surface area contributed by atoms with E-state index in [4.69, 9.17) is 17.4 Å². The van der Waals surface area contributed by atoms with Gasteiger partial charge < -0.3 is 0 Å². The molecule has 0 bridgehead atoms. The number of rotatable bonds is 5. The van der Waals surface area contributed by atoms with Crippen molar-refractivity contribution < 1.29 is 0 Å². The fourth-order valence-electron chi connectivity index (χ4n) is 1.52. The minimum absolute atomic E-state index is 0.165. The minimum Gasteiger partial charge on any atom is -0.271 e. The average molecular weight is 292 g/mol. The molecule has 0 amide bonds. The normalized spacial score (nSPS) is 12.8. The van der Waals surface area contributed by atoms with Crippen LogP contribution in [-0.2, 0) is 0 Å². The van der Waals surface area contributed by atoms with Crippen LogP contribution in [0.5, 0.6) is 0 Å². The van der Waals surface area contributed by atoms with Crippen molar-refractivity contribution in [3.8, 4) is 0 Å². The largest absolute Gasteiger partial charge is 0.271 e. The number of benzene rings is 1. The third-order valence-electron chi connectivity index (χ3n) is 2.38. The standard InChI is InChI=1S/C11H16BrClN2/c1-2-3-4-11(15-14)9-7-8(13)5-6-10(9)12/h5-7,11,15H,2-4,14H2,1H3. The van der Waals surface area contributed by atoms with Crippen LogP contribution in [0.1, 0.15) is 37.8 Å². The first-order chi connectivity index (χ1) is 7.19. The summed E-state index contributed by atoms with van der Waals surface area (Å²) in [6, 6.07) is 5.93. The molecule has 0 heterocycles. The Bertz CT molecular complexity index is 317. The molecule has 1 atom stereocenters. The van der Waals surface area contributed by atoms with Crippen molar-refractivity contribution in [1.82, 2.24) is 5.43 Å². The fraction of sp³-hybridized carbons (Fsp3) is 0.455. The second-order valence-electron chi connectivity index (χ2n) is 3.53. The highest BCUT2D eigenvalue weighted by Gasteiger charge is 2.12. The molecule has 1 rings (SSSR count). The molecule has 4 heteroatoms. The van der Waals surface area contributed by atoms with Crippen molar-refractivity contribution >= 4 is 27.5 Å². The summed E-state index contributed by atoms with van der Waals surface area (Å²) < 4.78 is 1.05. The SMILES string of the molecule is CCCCC(NN)c1cc(Cl)ccc1Br. The Morgan fingerprint density at radius 2 is 2.27 bits per heavy atom. The predicted octanol–water partition coefficient (Wildman–Crippen LogP) is 3.80. The molecule has 0 aromatic heterocycles. The highest BCUT2D eigenvalue weighted by Crippen LogP contribution is 2.29. The van der Waals surface area contributed by atoms with Crippen molar-refractivity contribution in [2.24, 2.45) is 5.84 Å². The monoisotopic (exact) mass is 290 g/mol. The summed E-state index contributed by atoms with van der Waals surface area (Å²) in [6.45, 7) is 2.17.